The molecule has 4 unspecified atom stereocenters. The molecule has 1 rings (SSSR count). The number of ether oxygens (including phenoxy) is 1. The minimum Gasteiger partial charge on any atom is -0.462 e. The normalized spacial score (nSPS) is 15.5. The molecule has 1 N–H and O–H groups in total. The lowest BCUT2D eigenvalue weighted by Crippen LogP contribution is -2.18. The molecule has 4 atom stereocenters. The summed E-state index contributed by atoms with van der Waals surface area (Å²) in [5.74, 6) is 1.42. The molecule has 1 aromatic carbocycles. The first-order chi connectivity index (χ1) is 13.9. The van der Waals surface area contributed by atoms with Crippen molar-refractivity contribution < 1.29 is 14.6 Å². The van der Waals surface area contributed by atoms with Crippen LogP contribution < -0.4 is 0 Å². The van der Waals surface area contributed by atoms with Crippen LogP contribution in [0.25, 0.3) is 0 Å². The number of benzene rings is 1. The molecule has 0 amide bonds. The van der Waals surface area contributed by atoms with E-state index in [1.807, 2.05) is 18.2 Å². The lowest BCUT2D eigenvalue weighted by atomic mass is 9.89. The lowest BCUT2D eigenvalue weighted by Gasteiger charge is -2.21. The zero-order chi connectivity index (χ0) is 21.5. The SMILES string of the molecule is CCCCCC(C)C(O)CCC(C)CCCC(C)CCOC(=O)c1ccccc1. The van der Waals surface area contributed by atoms with Crippen molar-refractivity contribution in [3.05, 3.63) is 35.9 Å². The number of aliphatic hydroxyl groups is 1. The first-order valence-corrected chi connectivity index (χ1v) is 11.8. The smallest absolute Gasteiger partial charge is 0.338 e. The van der Waals surface area contributed by atoms with Gasteiger partial charge in [0.15, 0.2) is 0 Å². The summed E-state index contributed by atoms with van der Waals surface area (Å²) in [6.45, 7) is 9.45. The van der Waals surface area contributed by atoms with Gasteiger partial charge < -0.3 is 9.84 Å². The quantitative estimate of drug-likeness (QED) is 0.237. The predicted molar refractivity (Wildman–Crippen MR) is 122 cm³/mol. The molecule has 0 bridgehead atoms. The predicted octanol–water partition coefficient (Wildman–Crippen LogP) is 7.03. The number of unbranched alkanes of at least 4 members (excludes halogenated alkanes) is 2. The van der Waals surface area contributed by atoms with Crippen LogP contribution in [0.1, 0.15) is 102 Å². The highest BCUT2D eigenvalue weighted by atomic mass is 16.5. The van der Waals surface area contributed by atoms with Crippen LogP contribution in [-0.2, 0) is 4.74 Å². The molecule has 0 aliphatic heterocycles. The van der Waals surface area contributed by atoms with Crippen LogP contribution in [0.4, 0.5) is 0 Å². The van der Waals surface area contributed by atoms with Crippen LogP contribution in [0.5, 0.6) is 0 Å². The molecule has 0 aliphatic rings. The van der Waals surface area contributed by atoms with Crippen molar-refractivity contribution in [3.8, 4) is 0 Å². The first-order valence-electron chi connectivity index (χ1n) is 11.8. The highest BCUT2D eigenvalue weighted by Gasteiger charge is 2.15. The summed E-state index contributed by atoms with van der Waals surface area (Å²) in [6, 6.07) is 9.18. The molecule has 1 aromatic rings. The molecule has 3 nitrogen and oxygen atoms in total. The minimum atomic E-state index is -0.228. The van der Waals surface area contributed by atoms with E-state index < -0.39 is 0 Å². The summed E-state index contributed by atoms with van der Waals surface area (Å²) < 4.78 is 5.38. The molecule has 0 fully saturated rings. The van der Waals surface area contributed by atoms with E-state index in [1.165, 1.54) is 38.5 Å². The van der Waals surface area contributed by atoms with Gasteiger partial charge in [-0.25, -0.2) is 4.79 Å². The van der Waals surface area contributed by atoms with Gasteiger partial charge in [-0.1, -0.05) is 84.4 Å². The van der Waals surface area contributed by atoms with Crippen molar-refractivity contribution in [1.82, 2.24) is 0 Å². The second-order valence-electron chi connectivity index (χ2n) is 9.05. The van der Waals surface area contributed by atoms with Crippen molar-refractivity contribution in [3.63, 3.8) is 0 Å². The van der Waals surface area contributed by atoms with Crippen LogP contribution in [-0.4, -0.2) is 23.8 Å². The van der Waals surface area contributed by atoms with Gasteiger partial charge in [-0.15, -0.1) is 0 Å². The molecule has 0 aliphatic carbocycles. The largest absolute Gasteiger partial charge is 0.462 e. The Labute approximate surface area is 179 Å². The second-order valence-corrected chi connectivity index (χ2v) is 9.05. The maximum absolute atomic E-state index is 11.9. The van der Waals surface area contributed by atoms with Crippen LogP contribution >= 0.6 is 0 Å². The Kier molecular flexibility index (Phi) is 13.7. The molecule has 0 radical (unpaired) electrons. The van der Waals surface area contributed by atoms with Crippen molar-refractivity contribution >= 4 is 5.97 Å². The Balaban J connectivity index is 2.08. The van der Waals surface area contributed by atoms with Crippen molar-refractivity contribution in [2.45, 2.75) is 98.0 Å². The van der Waals surface area contributed by atoms with Crippen LogP contribution in [0.15, 0.2) is 30.3 Å². The lowest BCUT2D eigenvalue weighted by molar-refractivity contribution is 0.0483. The monoisotopic (exact) mass is 404 g/mol. The third-order valence-electron chi connectivity index (χ3n) is 6.12. The van der Waals surface area contributed by atoms with Crippen LogP contribution in [0, 0.1) is 17.8 Å². The fourth-order valence-electron chi connectivity index (χ4n) is 3.76. The Morgan fingerprint density at radius 1 is 0.862 bits per heavy atom. The van der Waals surface area contributed by atoms with Gasteiger partial charge >= 0.3 is 5.97 Å². The van der Waals surface area contributed by atoms with Gasteiger partial charge in [-0.3, -0.25) is 0 Å². The fourth-order valence-corrected chi connectivity index (χ4v) is 3.76. The fraction of sp³-hybridized carbons (Fsp3) is 0.731. The number of esters is 1. The Hall–Kier alpha value is -1.35. The molecule has 166 valence electrons. The number of hydrogen-bond donors (Lipinski definition) is 1. The standard InChI is InChI=1S/C26H44O3/c1-5-6-8-14-23(4)25(27)18-17-21(2)12-11-13-22(3)19-20-29-26(28)24-15-9-7-10-16-24/h7,9-10,15-16,21-23,25,27H,5-6,8,11-14,17-20H2,1-4H3. The molecular weight excluding hydrogens is 360 g/mol. The molecule has 0 aromatic heterocycles. The van der Waals surface area contributed by atoms with Crippen LogP contribution in [0.2, 0.25) is 0 Å². The highest BCUT2D eigenvalue weighted by Crippen LogP contribution is 2.22. The second kappa shape index (κ2) is 15.5. The summed E-state index contributed by atoms with van der Waals surface area (Å²) in [4.78, 5) is 11.9. The van der Waals surface area contributed by atoms with Gasteiger partial charge in [-0.05, 0) is 55.6 Å². The summed E-state index contributed by atoms with van der Waals surface area (Å²) >= 11 is 0. The Morgan fingerprint density at radius 3 is 2.17 bits per heavy atom. The average molecular weight is 405 g/mol. The van der Waals surface area contributed by atoms with Gasteiger partial charge in [0.25, 0.3) is 0 Å². The molecule has 3 heteroatoms. The summed E-state index contributed by atoms with van der Waals surface area (Å²) in [6.07, 6.45) is 11.3. The van der Waals surface area contributed by atoms with E-state index >= 15 is 0 Å². The molecule has 0 saturated heterocycles. The van der Waals surface area contributed by atoms with E-state index in [0.717, 1.165) is 25.7 Å². The van der Waals surface area contributed by atoms with E-state index in [1.54, 1.807) is 12.1 Å². The first kappa shape index (κ1) is 25.7. The molecule has 0 heterocycles. The highest BCUT2D eigenvalue weighted by molar-refractivity contribution is 5.89. The van der Waals surface area contributed by atoms with E-state index in [-0.39, 0.29) is 12.1 Å². The molecule has 0 spiro atoms. The van der Waals surface area contributed by atoms with Crippen LogP contribution in [0.3, 0.4) is 0 Å². The van der Waals surface area contributed by atoms with Gasteiger partial charge in [0.1, 0.15) is 0 Å². The number of rotatable bonds is 16. The van der Waals surface area contributed by atoms with E-state index in [2.05, 4.69) is 27.7 Å². The zero-order valence-corrected chi connectivity index (χ0v) is 19.2. The van der Waals surface area contributed by atoms with Gasteiger partial charge in [0, 0.05) is 0 Å². The number of carbonyl (C=O) groups excluding carboxylic acids is 1. The van der Waals surface area contributed by atoms with Crippen molar-refractivity contribution in [2.75, 3.05) is 6.61 Å². The number of hydrogen-bond acceptors (Lipinski definition) is 3. The third kappa shape index (κ3) is 12.1. The summed E-state index contributed by atoms with van der Waals surface area (Å²) in [7, 11) is 0. The molecule has 29 heavy (non-hydrogen) atoms. The van der Waals surface area contributed by atoms with Gasteiger partial charge in [-0.2, -0.15) is 0 Å². The molecule has 0 saturated carbocycles. The van der Waals surface area contributed by atoms with E-state index in [4.69, 9.17) is 4.74 Å². The maximum atomic E-state index is 11.9. The zero-order valence-electron chi connectivity index (χ0n) is 19.2. The minimum absolute atomic E-state index is 0.146. The summed E-state index contributed by atoms with van der Waals surface area (Å²) in [5.41, 5.74) is 0.621. The van der Waals surface area contributed by atoms with Crippen molar-refractivity contribution in [1.29, 1.82) is 0 Å². The van der Waals surface area contributed by atoms with E-state index in [9.17, 15) is 9.90 Å². The average Bonchev–Trinajstić information content (AvgIpc) is 2.72. The topological polar surface area (TPSA) is 46.5 Å². The van der Waals surface area contributed by atoms with Gasteiger partial charge in [0.2, 0.25) is 0 Å². The Bertz CT molecular complexity index is 528. The number of aliphatic hydroxyl groups excluding tert-OH is 1. The summed E-state index contributed by atoms with van der Waals surface area (Å²) in [5, 5.41) is 10.4. The van der Waals surface area contributed by atoms with E-state index in [0.29, 0.717) is 29.9 Å². The molecular formula is C26H44O3. The third-order valence-corrected chi connectivity index (χ3v) is 6.12. The van der Waals surface area contributed by atoms with Crippen molar-refractivity contribution in [2.24, 2.45) is 17.8 Å². The number of carbonyl (C=O) groups is 1. The Morgan fingerprint density at radius 2 is 1.52 bits per heavy atom. The van der Waals surface area contributed by atoms with Gasteiger partial charge in [0.05, 0.1) is 18.3 Å². The maximum Gasteiger partial charge on any atom is 0.338 e.